The van der Waals surface area contributed by atoms with Crippen LogP contribution in [0, 0.1) is 5.82 Å². The van der Waals surface area contributed by atoms with E-state index in [9.17, 15) is 4.39 Å². The Morgan fingerprint density at radius 1 is 1.47 bits per heavy atom. The van der Waals surface area contributed by atoms with Gasteiger partial charge in [-0.25, -0.2) is 4.39 Å². The lowest BCUT2D eigenvalue weighted by Crippen LogP contribution is -2.05. The van der Waals surface area contributed by atoms with Gasteiger partial charge in [-0.15, -0.1) is 0 Å². The van der Waals surface area contributed by atoms with Crippen LogP contribution in [-0.4, -0.2) is 7.05 Å². The maximum atomic E-state index is 13.5. The van der Waals surface area contributed by atoms with Gasteiger partial charge in [-0.05, 0) is 47.8 Å². The van der Waals surface area contributed by atoms with Crippen molar-refractivity contribution in [2.45, 2.75) is 25.3 Å². The summed E-state index contributed by atoms with van der Waals surface area (Å²) in [5.74, 6) is 1.27. The molecule has 1 aliphatic rings. The van der Waals surface area contributed by atoms with E-state index in [1.165, 1.54) is 24.5 Å². The fourth-order valence-corrected chi connectivity index (χ4v) is 2.62. The standard InChI is InChI=1S/C13H13BrFNO/c1-16-6-12-13(7-2-3-7)8-4-9(14)10(15)5-11(8)17-12/h4-5,7,16H,2-3,6H2,1H3. The molecule has 90 valence electrons. The molecule has 1 fully saturated rings. The first-order chi connectivity index (χ1) is 8.20. The fourth-order valence-electron chi connectivity index (χ4n) is 2.27. The Labute approximate surface area is 107 Å². The molecule has 3 rings (SSSR count). The van der Waals surface area contributed by atoms with Gasteiger partial charge < -0.3 is 9.73 Å². The second-order valence-corrected chi connectivity index (χ2v) is 5.36. The van der Waals surface area contributed by atoms with Crippen molar-refractivity contribution in [1.29, 1.82) is 0 Å². The number of hydrogen-bond acceptors (Lipinski definition) is 2. The van der Waals surface area contributed by atoms with Crippen LogP contribution < -0.4 is 5.32 Å². The van der Waals surface area contributed by atoms with Crippen LogP contribution >= 0.6 is 15.9 Å². The largest absolute Gasteiger partial charge is 0.459 e. The molecule has 0 spiro atoms. The van der Waals surface area contributed by atoms with Crippen molar-refractivity contribution in [1.82, 2.24) is 5.32 Å². The zero-order valence-corrected chi connectivity index (χ0v) is 11.1. The number of furan rings is 1. The van der Waals surface area contributed by atoms with Crippen LogP contribution in [0.2, 0.25) is 0 Å². The lowest BCUT2D eigenvalue weighted by atomic mass is 10.1. The smallest absolute Gasteiger partial charge is 0.141 e. The van der Waals surface area contributed by atoms with Gasteiger partial charge in [0.2, 0.25) is 0 Å². The lowest BCUT2D eigenvalue weighted by molar-refractivity contribution is 0.521. The Bertz CT molecular complexity index is 574. The fraction of sp³-hybridized carbons (Fsp3) is 0.385. The van der Waals surface area contributed by atoms with Gasteiger partial charge in [-0.1, -0.05) is 0 Å². The van der Waals surface area contributed by atoms with Crippen molar-refractivity contribution in [3.05, 3.63) is 33.7 Å². The number of nitrogens with one attached hydrogen (secondary N) is 1. The number of halogens is 2. The van der Waals surface area contributed by atoms with Crippen molar-refractivity contribution >= 4 is 26.9 Å². The summed E-state index contributed by atoms with van der Waals surface area (Å²) in [4.78, 5) is 0. The summed E-state index contributed by atoms with van der Waals surface area (Å²) in [5.41, 5.74) is 1.91. The Morgan fingerprint density at radius 2 is 2.24 bits per heavy atom. The number of fused-ring (bicyclic) bond motifs is 1. The molecule has 2 aromatic rings. The highest BCUT2D eigenvalue weighted by molar-refractivity contribution is 9.10. The third-order valence-electron chi connectivity index (χ3n) is 3.17. The predicted octanol–water partition coefficient (Wildman–Crippen LogP) is 3.93. The third-order valence-corrected chi connectivity index (χ3v) is 3.78. The molecule has 0 saturated heterocycles. The molecular weight excluding hydrogens is 285 g/mol. The average molecular weight is 298 g/mol. The van der Waals surface area contributed by atoms with Gasteiger partial charge in [0.15, 0.2) is 0 Å². The Hall–Kier alpha value is -0.870. The van der Waals surface area contributed by atoms with Crippen LogP contribution in [0.1, 0.15) is 30.1 Å². The van der Waals surface area contributed by atoms with E-state index in [1.54, 1.807) is 0 Å². The van der Waals surface area contributed by atoms with Crippen LogP contribution in [0.15, 0.2) is 21.0 Å². The Balaban J connectivity index is 2.23. The zero-order valence-electron chi connectivity index (χ0n) is 9.52. The van der Waals surface area contributed by atoms with Crippen LogP contribution in [0.25, 0.3) is 11.0 Å². The Morgan fingerprint density at radius 3 is 2.88 bits per heavy atom. The molecule has 1 heterocycles. The van der Waals surface area contributed by atoms with Crippen molar-refractivity contribution in [3.63, 3.8) is 0 Å². The lowest BCUT2D eigenvalue weighted by Gasteiger charge is -2.00. The molecule has 17 heavy (non-hydrogen) atoms. The second-order valence-electron chi connectivity index (χ2n) is 4.51. The van der Waals surface area contributed by atoms with Crippen LogP contribution in [0.5, 0.6) is 0 Å². The molecule has 1 aromatic carbocycles. The minimum absolute atomic E-state index is 0.274. The summed E-state index contributed by atoms with van der Waals surface area (Å²) in [6.07, 6.45) is 2.42. The van der Waals surface area contributed by atoms with Crippen molar-refractivity contribution in [3.8, 4) is 0 Å². The van der Waals surface area contributed by atoms with Crippen LogP contribution in [0.4, 0.5) is 4.39 Å². The van der Waals surface area contributed by atoms with Gasteiger partial charge in [0, 0.05) is 17.0 Å². The molecular formula is C13H13BrFNO. The molecule has 0 unspecified atom stereocenters. The topological polar surface area (TPSA) is 25.2 Å². The first kappa shape index (κ1) is 11.2. The molecule has 0 radical (unpaired) electrons. The quantitative estimate of drug-likeness (QED) is 0.928. The minimum Gasteiger partial charge on any atom is -0.459 e. The Kier molecular flexibility index (Phi) is 2.71. The van der Waals surface area contributed by atoms with Gasteiger partial charge in [-0.3, -0.25) is 0 Å². The predicted molar refractivity (Wildman–Crippen MR) is 68.6 cm³/mol. The molecule has 0 amide bonds. The van der Waals surface area contributed by atoms with E-state index in [0.29, 0.717) is 22.5 Å². The summed E-state index contributed by atoms with van der Waals surface area (Å²) < 4.78 is 19.7. The second kappa shape index (κ2) is 4.10. The van der Waals surface area contributed by atoms with Gasteiger partial charge in [-0.2, -0.15) is 0 Å². The minimum atomic E-state index is -0.274. The summed E-state index contributed by atoms with van der Waals surface area (Å²) in [7, 11) is 1.89. The first-order valence-corrected chi connectivity index (χ1v) is 6.55. The van der Waals surface area contributed by atoms with Crippen molar-refractivity contribution < 1.29 is 8.81 Å². The molecule has 0 bridgehead atoms. The normalized spacial score (nSPS) is 15.7. The molecule has 1 saturated carbocycles. The van der Waals surface area contributed by atoms with E-state index < -0.39 is 0 Å². The van der Waals surface area contributed by atoms with Crippen LogP contribution in [0.3, 0.4) is 0 Å². The zero-order chi connectivity index (χ0) is 12.0. The molecule has 1 N–H and O–H groups in total. The molecule has 0 atom stereocenters. The number of hydrogen-bond donors (Lipinski definition) is 1. The average Bonchev–Trinajstić information content (AvgIpc) is 3.05. The molecule has 1 aliphatic carbocycles. The maximum absolute atomic E-state index is 13.5. The molecule has 4 heteroatoms. The summed E-state index contributed by atoms with van der Waals surface area (Å²) in [6.45, 7) is 0.694. The SMILES string of the molecule is CNCc1oc2cc(F)c(Br)cc2c1C1CC1. The van der Waals surface area contributed by atoms with Crippen LogP contribution in [-0.2, 0) is 6.54 Å². The monoisotopic (exact) mass is 297 g/mol. The van der Waals surface area contributed by atoms with E-state index in [0.717, 1.165) is 11.1 Å². The summed E-state index contributed by atoms with van der Waals surface area (Å²) in [5, 5.41) is 4.15. The molecule has 0 aliphatic heterocycles. The van der Waals surface area contributed by atoms with E-state index >= 15 is 0 Å². The maximum Gasteiger partial charge on any atom is 0.141 e. The van der Waals surface area contributed by atoms with E-state index in [4.69, 9.17) is 4.42 Å². The third kappa shape index (κ3) is 1.89. The summed E-state index contributed by atoms with van der Waals surface area (Å²) in [6, 6.07) is 3.30. The summed E-state index contributed by atoms with van der Waals surface area (Å²) >= 11 is 3.24. The van der Waals surface area contributed by atoms with Gasteiger partial charge in [0.25, 0.3) is 0 Å². The van der Waals surface area contributed by atoms with Crippen molar-refractivity contribution in [2.24, 2.45) is 0 Å². The molecule has 2 nitrogen and oxygen atoms in total. The van der Waals surface area contributed by atoms with E-state index in [1.807, 2.05) is 13.1 Å². The van der Waals surface area contributed by atoms with Gasteiger partial charge in [0.05, 0.1) is 11.0 Å². The highest BCUT2D eigenvalue weighted by Gasteiger charge is 2.30. The first-order valence-electron chi connectivity index (χ1n) is 5.75. The van der Waals surface area contributed by atoms with Gasteiger partial charge >= 0.3 is 0 Å². The highest BCUT2D eigenvalue weighted by Crippen LogP contribution is 2.46. The number of rotatable bonds is 3. The number of benzene rings is 1. The highest BCUT2D eigenvalue weighted by atomic mass is 79.9. The van der Waals surface area contributed by atoms with Crippen molar-refractivity contribution in [2.75, 3.05) is 7.05 Å². The van der Waals surface area contributed by atoms with E-state index in [2.05, 4.69) is 21.2 Å². The van der Waals surface area contributed by atoms with E-state index in [-0.39, 0.29) is 5.82 Å². The van der Waals surface area contributed by atoms with Gasteiger partial charge in [0.1, 0.15) is 17.2 Å². The molecule has 1 aromatic heterocycles.